The molecule has 1 N–H and O–H groups in total. The highest BCUT2D eigenvalue weighted by Gasteiger charge is 2.42. The van der Waals surface area contributed by atoms with Crippen molar-refractivity contribution in [3.05, 3.63) is 34.2 Å². The summed E-state index contributed by atoms with van der Waals surface area (Å²) >= 11 is 0. The van der Waals surface area contributed by atoms with Gasteiger partial charge in [-0.05, 0) is 26.0 Å². The number of aromatic nitrogens is 1. The molecule has 0 aliphatic carbocycles. The number of H-pyrrole nitrogens is 1. The Morgan fingerprint density at radius 2 is 2.05 bits per heavy atom. The highest BCUT2D eigenvalue weighted by Crippen LogP contribution is 2.31. The van der Waals surface area contributed by atoms with E-state index in [-0.39, 0.29) is 17.0 Å². The number of carbonyl (C=O) groups is 1. The Bertz CT molecular complexity index is 578. The number of nitrogens with zero attached hydrogens (tertiary/aromatic N) is 2. The first kappa shape index (κ1) is 14.3. The second-order valence-corrected chi connectivity index (χ2v) is 5.91. The van der Waals surface area contributed by atoms with Crippen LogP contribution in [0.2, 0.25) is 0 Å². The zero-order chi connectivity index (χ0) is 14.9. The number of pyridine rings is 1. The van der Waals surface area contributed by atoms with Gasteiger partial charge in [0.15, 0.2) is 0 Å². The Kier molecular flexibility index (Phi) is 3.82. The van der Waals surface area contributed by atoms with Gasteiger partial charge in [-0.25, -0.2) is 0 Å². The van der Waals surface area contributed by atoms with Crippen molar-refractivity contribution < 1.29 is 9.53 Å². The fourth-order valence-corrected chi connectivity index (χ4v) is 3.27. The van der Waals surface area contributed by atoms with Crippen LogP contribution in [-0.4, -0.2) is 66.1 Å². The van der Waals surface area contributed by atoms with E-state index in [2.05, 4.69) is 16.9 Å². The van der Waals surface area contributed by atoms with Crippen molar-refractivity contribution in [2.45, 2.75) is 18.4 Å². The van der Waals surface area contributed by atoms with Gasteiger partial charge in [0, 0.05) is 44.5 Å². The highest BCUT2D eigenvalue weighted by molar-refractivity contribution is 5.92. The number of amides is 1. The third kappa shape index (κ3) is 2.73. The fraction of sp³-hybridized carbons (Fsp3) is 0.600. The molecular formula is C15H21N3O3. The van der Waals surface area contributed by atoms with E-state index in [1.165, 1.54) is 6.07 Å². The first-order valence-electron chi connectivity index (χ1n) is 7.38. The maximum atomic E-state index is 12.6. The van der Waals surface area contributed by atoms with Crippen LogP contribution in [0.3, 0.4) is 0 Å². The van der Waals surface area contributed by atoms with Gasteiger partial charge in [0.1, 0.15) is 5.69 Å². The maximum absolute atomic E-state index is 12.6. The third-order valence-electron chi connectivity index (χ3n) is 4.71. The molecule has 2 aliphatic heterocycles. The van der Waals surface area contributed by atoms with Crippen LogP contribution in [0.4, 0.5) is 0 Å². The molecule has 3 heterocycles. The second-order valence-electron chi connectivity index (χ2n) is 5.91. The lowest BCUT2D eigenvalue weighted by Gasteiger charge is -2.51. The topological polar surface area (TPSA) is 65.6 Å². The summed E-state index contributed by atoms with van der Waals surface area (Å²) in [6.07, 6.45) is 1.89. The van der Waals surface area contributed by atoms with Crippen molar-refractivity contribution in [3.63, 3.8) is 0 Å². The molecule has 21 heavy (non-hydrogen) atoms. The summed E-state index contributed by atoms with van der Waals surface area (Å²) in [7, 11) is 2.12. The number of carbonyl (C=O) groups excluding carboxylic acids is 1. The standard InChI is InChI=1S/C15H21N3O3/c1-17-7-8-18(11-15(17)5-9-21-10-6-15)14(20)12-3-2-4-13(19)16-12/h2-4H,5-11H2,1H3,(H,16,19). The van der Waals surface area contributed by atoms with Gasteiger partial charge in [-0.2, -0.15) is 0 Å². The van der Waals surface area contributed by atoms with Crippen LogP contribution in [-0.2, 0) is 4.74 Å². The van der Waals surface area contributed by atoms with Gasteiger partial charge in [-0.15, -0.1) is 0 Å². The molecule has 1 aromatic heterocycles. The smallest absolute Gasteiger partial charge is 0.270 e. The molecule has 0 saturated carbocycles. The summed E-state index contributed by atoms with van der Waals surface area (Å²) in [5, 5.41) is 0. The number of rotatable bonds is 1. The lowest BCUT2D eigenvalue weighted by atomic mass is 9.86. The minimum absolute atomic E-state index is 0.0151. The van der Waals surface area contributed by atoms with Crippen LogP contribution >= 0.6 is 0 Å². The number of nitrogens with one attached hydrogen (secondary N) is 1. The predicted molar refractivity (Wildman–Crippen MR) is 78.4 cm³/mol. The summed E-state index contributed by atoms with van der Waals surface area (Å²) in [5.74, 6) is -0.0910. The summed E-state index contributed by atoms with van der Waals surface area (Å²) in [5.41, 5.74) is 0.145. The number of hydrogen-bond donors (Lipinski definition) is 1. The van der Waals surface area contributed by atoms with Crippen molar-refractivity contribution in [2.75, 3.05) is 39.9 Å². The number of aromatic amines is 1. The van der Waals surface area contributed by atoms with Gasteiger partial charge in [0.2, 0.25) is 5.56 Å². The molecule has 2 saturated heterocycles. The van der Waals surface area contributed by atoms with Crippen LogP contribution < -0.4 is 5.56 Å². The second kappa shape index (κ2) is 5.61. The zero-order valence-corrected chi connectivity index (χ0v) is 12.3. The summed E-state index contributed by atoms with van der Waals surface area (Å²) < 4.78 is 5.46. The molecule has 3 rings (SSSR count). The largest absolute Gasteiger partial charge is 0.381 e. The van der Waals surface area contributed by atoms with Crippen LogP contribution in [0.25, 0.3) is 0 Å². The molecule has 1 aromatic rings. The molecule has 0 unspecified atom stereocenters. The molecule has 114 valence electrons. The van der Waals surface area contributed by atoms with Crippen molar-refractivity contribution in [1.29, 1.82) is 0 Å². The molecule has 0 aromatic carbocycles. The minimum atomic E-state index is -0.240. The summed E-state index contributed by atoms with van der Waals surface area (Å²) in [6.45, 7) is 3.73. The Morgan fingerprint density at radius 3 is 2.76 bits per heavy atom. The van der Waals surface area contributed by atoms with E-state index in [4.69, 9.17) is 4.74 Å². The average Bonchev–Trinajstić information content (AvgIpc) is 2.50. The van der Waals surface area contributed by atoms with E-state index in [0.29, 0.717) is 18.8 Å². The molecule has 2 aliphatic rings. The third-order valence-corrected chi connectivity index (χ3v) is 4.71. The number of hydrogen-bond acceptors (Lipinski definition) is 4. The summed E-state index contributed by atoms with van der Waals surface area (Å²) in [6, 6.07) is 4.70. The predicted octanol–water partition coefficient (Wildman–Crippen LogP) is 0.312. The Morgan fingerprint density at radius 1 is 1.29 bits per heavy atom. The Balaban J connectivity index is 1.80. The van der Waals surface area contributed by atoms with Gasteiger partial charge in [0.25, 0.3) is 5.91 Å². The van der Waals surface area contributed by atoms with Crippen LogP contribution in [0, 0.1) is 0 Å². The molecule has 0 radical (unpaired) electrons. The van der Waals surface area contributed by atoms with E-state index >= 15 is 0 Å². The minimum Gasteiger partial charge on any atom is -0.381 e. The lowest BCUT2D eigenvalue weighted by Crippen LogP contribution is -2.63. The van der Waals surface area contributed by atoms with Crippen molar-refractivity contribution in [2.24, 2.45) is 0 Å². The molecule has 0 bridgehead atoms. The van der Waals surface area contributed by atoms with E-state index < -0.39 is 0 Å². The van der Waals surface area contributed by atoms with Crippen molar-refractivity contribution >= 4 is 5.91 Å². The summed E-state index contributed by atoms with van der Waals surface area (Å²) in [4.78, 5) is 30.8. The molecule has 2 fully saturated rings. The first-order chi connectivity index (χ1) is 10.1. The normalized spacial score (nSPS) is 22.4. The zero-order valence-electron chi connectivity index (χ0n) is 12.3. The Labute approximate surface area is 123 Å². The fourth-order valence-electron chi connectivity index (χ4n) is 3.27. The Hall–Kier alpha value is -1.66. The highest BCUT2D eigenvalue weighted by atomic mass is 16.5. The molecule has 1 spiro atoms. The van der Waals surface area contributed by atoms with E-state index in [1.807, 2.05) is 4.90 Å². The monoisotopic (exact) mass is 291 g/mol. The van der Waals surface area contributed by atoms with Crippen molar-refractivity contribution in [1.82, 2.24) is 14.8 Å². The molecule has 6 nitrogen and oxygen atoms in total. The molecular weight excluding hydrogens is 270 g/mol. The maximum Gasteiger partial charge on any atom is 0.270 e. The van der Waals surface area contributed by atoms with Crippen LogP contribution in [0.1, 0.15) is 23.3 Å². The van der Waals surface area contributed by atoms with Crippen LogP contribution in [0.15, 0.2) is 23.0 Å². The average molecular weight is 291 g/mol. The van der Waals surface area contributed by atoms with Gasteiger partial charge in [0.05, 0.1) is 0 Å². The van der Waals surface area contributed by atoms with E-state index in [9.17, 15) is 9.59 Å². The van der Waals surface area contributed by atoms with E-state index in [1.54, 1.807) is 12.1 Å². The SMILES string of the molecule is CN1CCN(C(=O)c2cccc(=O)[nH]2)CC12CCOCC2. The molecule has 6 heteroatoms. The number of likely N-dealkylation sites (N-methyl/N-ethyl adjacent to an activating group) is 1. The van der Waals surface area contributed by atoms with E-state index in [0.717, 1.165) is 32.6 Å². The van der Waals surface area contributed by atoms with Crippen LogP contribution in [0.5, 0.6) is 0 Å². The number of ether oxygens (including phenoxy) is 1. The molecule has 0 atom stereocenters. The van der Waals surface area contributed by atoms with Gasteiger partial charge in [-0.1, -0.05) is 6.07 Å². The molecule has 1 amide bonds. The van der Waals surface area contributed by atoms with Gasteiger partial charge in [-0.3, -0.25) is 14.5 Å². The number of piperazine rings is 1. The lowest BCUT2D eigenvalue weighted by molar-refractivity contribution is -0.0544. The quantitative estimate of drug-likeness (QED) is 0.809. The van der Waals surface area contributed by atoms with Gasteiger partial charge >= 0.3 is 0 Å². The van der Waals surface area contributed by atoms with Gasteiger partial charge < -0.3 is 14.6 Å². The van der Waals surface area contributed by atoms with Crippen molar-refractivity contribution in [3.8, 4) is 0 Å². The first-order valence-corrected chi connectivity index (χ1v) is 7.38.